The second-order valence-corrected chi connectivity index (χ2v) is 4.67. The van der Waals surface area contributed by atoms with E-state index in [2.05, 4.69) is 5.32 Å². The molecule has 0 aliphatic carbocycles. The normalized spacial score (nSPS) is 9.82. The third-order valence-corrected chi connectivity index (χ3v) is 3.02. The molecule has 110 valence electrons. The van der Waals surface area contributed by atoms with Crippen molar-refractivity contribution in [2.75, 3.05) is 5.32 Å². The Kier molecular flexibility index (Phi) is 4.99. The Morgan fingerprint density at radius 2 is 1.82 bits per heavy atom. The van der Waals surface area contributed by atoms with Crippen molar-refractivity contribution in [2.24, 2.45) is 0 Å². The van der Waals surface area contributed by atoms with Gasteiger partial charge < -0.3 is 5.32 Å². The molecular weight excluding hydrogens is 283 g/mol. The van der Waals surface area contributed by atoms with E-state index in [0.29, 0.717) is 16.8 Å². The molecule has 1 amide bonds. The molecule has 0 aliphatic heterocycles. The highest BCUT2D eigenvalue weighted by molar-refractivity contribution is 6.00. The molecule has 0 saturated heterocycles. The molecule has 5 heteroatoms. The zero-order valence-corrected chi connectivity index (χ0v) is 11.7. The van der Waals surface area contributed by atoms with Crippen molar-refractivity contribution in [1.82, 2.24) is 0 Å². The Bertz CT molecular complexity index is 733. The maximum Gasteiger partial charge on any atom is 0.224 e. The summed E-state index contributed by atoms with van der Waals surface area (Å²) in [4.78, 5) is 23.7. The molecule has 0 saturated carbocycles. The van der Waals surface area contributed by atoms with Crippen molar-refractivity contribution in [2.45, 2.75) is 12.8 Å². The number of carbonyl (C=O) groups excluding carboxylic acids is 2. The fourth-order valence-electron chi connectivity index (χ4n) is 1.90. The molecule has 22 heavy (non-hydrogen) atoms. The maximum atomic E-state index is 12.8. The van der Waals surface area contributed by atoms with E-state index in [9.17, 15) is 14.0 Å². The highest BCUT2D eigenvalue weighted by atomic mass is 19.1. The van der Waals surface area contributed by atoms with Crippen LogP contribution in [0.4, 0.5) is 10.1 Å². The molecule has 2 aromatic rings. The number of nitriles is 1. The minimum atomic E-state index is -0.410. The summed E-state index contributed by atoms with van der Waals surface area (Å²) >= 11 is 0. The number of amides is 1. The molecule has 0 fully saturated rings. The minimum absolute atomic E-state index is 0.0208. The van der Waals surface area contributed by atoms with Crippen LogP contribution in [0, 0.1) is 17.1 Å². The van der Waals surface area contributed by atoms with Crippen molar-refractivity contribution in [1.29, 1.82) is 5.26 Å². The topological polar surface area (TPSA) is 70.0 Å². The van der Waals surface area contributed by atoms with E-state index in [-0.39, 0.29) is 24.5 Å². The summed E-state index contributed by atoms with van der Waals surface area (Å²) < 4.78 is 12.8. The zero-order chi connectivity index (χ0) is 15.9. The average molecular weight is 296 g/mol. The SMILES string of the molecule is N#Cc1cccc(NC(=O)CCC(=O)c2ccc(F)cc2)c1. The number of nitrogens with zero attached hydrogens (tertiary/aromatic N) is 1. The summed E-state index contributed by atoms with van der Waals surface area (Å²) in [5, 5.41) is 11.4. The van der Waals surface area contributed by atoms with E-state index in [1.807, 2.05) is 6.07 Å². The maximum absolute atomic E-state index is 12.8. The zero-order valence-electron chi connectivity index (χ0n) is 11.7. The summed E-state index contributed by atoms with van der Waals surface area (Å²) in [6.45, 7) is 0. The molecule has 0 unspecified atom stereocenters. The predicted octanol–water partition coefficient (Wildman–Crippen LogP) is 3.30. The van der Waals surface area contributed by atoms with Crippen molar-refractivity contribution >= 4 is 17.4 Å². The Hall–Kier alpha value is -3.00. The standard InChI is InChI=1S/C17H13FN2O2/c18-14-6-4-13(5-7-14)16(21)8-9-17(22)20-15-3-1-2-12(10-15)11-19/h1-7,10H,8-9H2,(H,20,22). The number of carbonyl (C=O) groups is 2. The van der Waals surface area contributed by atoms with Gasteiger partial charge in [-0.3, -0.25) is 9.59 Å². The minimum Gasteiger partial charge on any atom is -0.326 e. The van der Waals surface area contributed by atoms with Gasteiger partial charge in [-0.05, 0) is 42.5 Å². The lowest BCUT2D eigenvalue weighted by molar-refractivity contribution is -0.116. The average Bonchev–Trinajstić information content (AvgIpc) is 2.53. The number of hydrogen-bond acceptors (Lipinski definition) is 3. The molecule has 0 radical (unpaired) electrons. The predicted molar refractivity (Wildman–Crippen MR) is 79.8 cm³/mol. The second kappa shape index (κ2) is 7.14. The first-order chi connectivity index (χ1) is 10.6. The van der Waals surface area contributed by atoms with Crippen LogP contribution in [-0.2, 0) is 4.79 Å². The third-order valence-electron chi connectivity index (χ3n) is 3.02. The number of nitrogens with one attached hydrogen (secondary N) is 1. The Morgan fingerprint density at radius 1 is 1.09 bits per heavy atom. The molecular formula is C17H13FN2O2. The molecule has 0 bridgehead atoms. The largest absolute Gasteiger partial charge is 0.326 e. The van der Waals surface area contributed by atoms with Gasteiger partial charge in [0.2, 0.25) is 5.91 Å². The van der Waals surface area contributed by atoms with E-state index in [1.54, 1.807) is 24.3 Å². The molecule has 0 atom stereocenters. The summed E-state index contributed by atoms with van der Waals surface area (Å²) in [7, 11) is 0. The lowest BCUT2D eigenvalue weighted by atomic mass is 10.1. The Balaban J connectivity index is 1.88. The number of ketones is 1. The number of hydrogen-bond donors (Lipinski definition) is 1. The lowest BCUT2D eigenvalue weighted by Crippen LogP contribution is -2.13. The molecule has 0 spiro atoms. The van der Waals surface area contributed by atoms with Gasteiger partial charge in [0.25, 0.3) is 0 Å². The van der Waals surface area contributed by atoms with E-state index in [4.69, 9.17) is 5.26 Å². The first-order valence-corrected chi connectivity index (χ1v) is 6.67. The van der Waals surface area contributed by atoms with Gasteiger partial charge in [-0.25, -0.2) is 4.39 Å². The van der Waals surface area contributed by atoms with E-state index < -0.39 is 5.82 Å². The molecule has 0 aromatic heterocycles. The fourth-order valence-corrected chi connectivity index (χ4v) is 1.90. The smallest absolute Gasteiger partial charge is 0.224 e. The van der Waals surface area contributed by atoms with Crippen LogP contribution in [-0.4, -0.2) is 11.7 Å². The fraction of sp³-hybridized carbons (Fsp3) is 0.118. The number of anilines is 1. The summed E-state index contributed by atoms with van der Waals surface area (Å²) in [6.07, 6.45) is 0.0579. The van der Waals surface area contributed by atoms with Gasteiger partial charge in [0.1, 0.15) is 5.82 Å². The first kappa shape index (κ1) is 15.4. The Labute approximate surface area is 127 Å². The lowest BCUT2D eigenvalue weighted by Gasteiger charge is -2.05. The van der Waals surface area contributed by atoms with Crippen LogP contribution in [0.5, 0.6) is 0 Å². The van der Waals surface area contributed by atoms with Gasteiger partial charge in [-0.1, -0.05) is 6.07 Å². The molecule has 0 aliphatic rings. The first-order valence-electron chi connectivity index (χ1n) is 6.67. The van der Waals surface area contributed by atoms with Crippen LogP contribution in [0.15, 0.2) is 48.5 Å². The molecule has 2 rings (SSSR count). The molecule has 1 N–H and O–H groups in total. The van der Waals surface area contributed by atoms with E-state index in [1.165, 1.54) is 24.3 Å². The summed E-state index contributed by atoms with van der Waals surface area (Å²) in [6, 6.07) is 13.7. The highest BCUT2D eigenvalue weighted by Crippen LogP contribution is 2.12. The molecule has 4 nitrogen and oxygen atoms in total. The third kappa shape index (κ3) is 4.25. The van der Waals surface area contributed by atoms with Crippen molar-refractivity contribution in [3.8, 4) is 6.07 Å². The van der Waals surface area contributed by atoms with Gasteiger partial charge in [0.15, 0.2) is 5.78 Å². The number of Topliss-reactive ketones (excluding diaryl/α,β-unsaturated/α-hetero) is 1. The van der Waals surface area contributed by atoms with Crippen molar-refractivity contribution in [3.05, 3.63) is 65.5 Å². The van der Waals surface area contributed by atoms with Crippen LogP contribution >= 0.6 is 0 Å². The monoisotopic (exact) mass is 296 g/mol. The van der Waals surface area contributed by atoms with Crippen LogP contribution in [0.3, 0.4) is 0 Å². The number of rotatable bonds is 5. The molecule has 2 aromatic carbocycles. The Morgan fingerprint density at radius 3 is 2.50 bits per heavy atom. The summed E-state index contributed by atoms with van der Waals surface area (Å²) in [5.74, 6) is -0.946. The van der Waals surface area contributed by atoms with Crippen molar-refractivity contribution in [3.63, 3.8) is 0 Å². The van der Waals surface area contributed by atoms with Crippen LogP contribution in [0.1, 0.15) is 28.8 Å². The van der Waals surface area contributed by atoms with Crippen molar-refractivity contribution < 1.29 is 14.0 Å². The van der Waals surface area contributed by atoms with Gasteiger partial charge in [-0.15, -0.1) is 0 Å². The summed E-state index contributed by atoms with van der Waals surface area (Å²) in [5.41, 5.74) is 1.33. The quantitative estimate of drug-likeness (QED) is 0.861. The van der Waals surface area contributed by atoms with Crippen LogP contribution in [0.25, 0.3) is 0 Å². The van der Waals surface area contributed by atoms with Gasteiger partial charge in [0.05, 0.1) is 11.6 Å². The van der Waals surface area contributed by atoms with Crippen LogP contribution in [0.2, 0.25) is 0 Å². The van der Waals surface area contributed by atoms with Gasteiger partial charge in [0, 0.05) is 24.1 Å². The van der Waals surface area contributed by atoms with E-state index >= 15 is 0 Å². The second-order valence-electron chi connectivity index (χ2n) is 4.67. The van der Waals surface area contributed by atoms with Crippen LogP contribution < -0.4 is 5.32 Å². The number of benzene rings is 2. The van der Waals surface area contributed by atoms with E-state index in [0.717, 1.165) is 0 Å². The molecule has 0 heterocycles. The highest BCUT2D eigenvalue weighted by Gasteiger charge is 2.10. The van der Waals surface area contributed by atoms with Gasteiger partial charge >= 0.3 is 0 Å². The number of halogens is 1. The van der Waals surface area contributed by atoms with Gasteiger partial charge in [-0.2, -0.15) is 5.26 Å².